The number of benzene rings is 18. The molecule has 24 heteroatoms. The number of halogens is 6. The smallest absolute Gasteiger partial charge is 0.401 e. The van der Waals surface area contributed by atoms with Gasteiger partial charge in [0.15, 0.2) is 0 Å². The Balaban J connectivity index is 0.000000117. The van der Waals surface area contributed by atoms with Crippen LogP contribution in [0, 0.1) is 41.5 Å². The van der Waals surface area contributed by atoms with Gasteiger partial charge in [-0.25, -0.2) is 0 Å². The van der Waals surface area contributed by atoms with Crippen molar-refractivity contribution in [3.05, 3.63) is 407 Å². The Bertz CT molecular complexity index is 7240. The summed E-state index contributed by atoms with van der Waals surface area (Å²) in [5.41, 5.74) is 14.5. The predicted molar refractivity (Wildman–Crippen MR) is 567 cm³/mol. The van der Waals surface area contributed by atoms with E-state index in [1.54, 1.807) is 0 Å². The average molecular weight is 1990 g/mol. The van der Waals surface area contributed by atoms with E-state index in [0.29, 0.717) is 23.3 Å². The first kappa shape index (κ1) is 95.3. The van der Waals surface area contributed by atoms with E-state index in [-0.39, 0.29) is 0 Å². The molecule has 1 aliphatic rings. The molecule has 0 atom stereocenters. The van der Waals surface area contributed by atoms with Crippen LogP contribution in [0.5, 0.6) is 46.0 Å². The van der Waals surface area contributed by atoms with Crippen LogP contribution >= 0.6 is 113 Å². The van der Waals surface area contributed by atoms with Gasteiger partial charge < -0.3 is 53.0 Å². The van der Waals surface area contributed by atoms with Crippen LogP contribution in [0.4, 0.5) is 0 Å². The molecule has 0 bridgehead atoms. The van der Waals surface area contributed by atoms with E-state index in [1.807, 2.05) is 234 Å². The Morgan fingerprint density at radius 1 is 0.278 bits per heavy atom. The van der Waals surface area contributed by atoms with Crippen molar-refractivity contribution < 1.29 is 53.0 Å². The molecule has 0 amide bonds. The van der Waals surface area contributed by atoms with Gasteiger partial charge in [0, 0.05) is 61.6 Å². The Hall–Kier alpha value is -10.8. The SMILES string of the molecule is CC(C)c1ccccc1OP(Cl)Oc1ccccc1C(C)C.Cc1cc(C)c2op(Cl)oc3c(C)cc(C)cc3c2c1.Cc1ccccc1OP(Cl)Oc1ccccc1C.ClP(Oc1ccc2ccccc2c1)Oc1ccc2ccccc2c1.ClP1Oc2ccc3ccccc3c2Cc2c(ccc3ccccc23)O1.Clp1oc2ccc3ccccc3c2c2c(ccc3ccccc32)o1. The molecule has 672 valence electrons. The molecular formula is C109H92Cl6O12P6. The van der Waals surface area contributed by atoms with E-state index in [1.165, 1.54) is 54.2 Å². The monoisotopic (exact) mass is 1990 g/mol. The van der Waals surface area contributed by atoms with Crippen LogP contribution in [-0.4, -0.2) is 0 Å². The summed E-state index contributed by atoms with van der Waals surface area (Å²) in [5.74, 6) is 6.86. The van der Waals surface area contributed by atoms with Crippen LogP contribution < -0.4 is 36.2 Å². The van der Waals surface area contributed by atoms with Crippen molar-refractivity contribution in [3.63, 3.8) is 0 Å². The van der Waals surface area contributed by atoms with E-state index >= 15 is 0 Å². The molecule has 21 rings (SSSR count). The quantitative estimate of drug-likeness (QED) is 0.0962. The second kappa shape index (κ2) is 44.6. The predicted octanol–water partition coefficient (Wildman–Crippen LogP) is 39.9. The standard InChI is InChI=1S/C21H14ClO2P.C20H12ClO2P.C20H14ClO2P.C18H22ClO2P.C16H16ClO2P.C14H14ClO2P/c22-25-23-20-11-9-14-5-1-3-7-16(14)18(20)13-19-17-8-4-2-6-15(17)10-12-21(19)24-25;21-24-22-17-11-9-13-5-1-3-7-15(13)19(17)20-16-8-4-2-6-14(16)10-12-18(20)23-24;21-24(22-19-11-9-15-5-1-3-7-17(15)13-19)23-20-12-10-16-6-2-4-8-18(16)14-20;1-13(2)15-9-5-7-11-17(15)20-22(19)21-18-12-8-6-10-16(18)14(3)4;1-9-5-11(3)15-13(7-9)14-8-10(2)6-12(4)16(14)19-20(17)18-15;1-11-7-3-5-9-13(11)16-18(15)17-14-10-6-4-8-12(14)2/h1-12H,13H2;1-12H;1-14H;5-14H,1-4H3;5-8H,1-4H3;3-10H,1-2H3. The Labute approximate surface area is 808 Å². The van der Waals surface area contributed by atoms with Gasteiger partial charge in [0.05, 0.1) is 0 Å². The highest BCUT2D eigenvalue weighted by atomic mass is 35.7. The highest BCUT2D eigenvalue weighted by molar-refractivity contribution is 7.77. The minimum absolute atomic E-state index is 0.374. The van der Waals surface area contributed by atoms with Crippen LogP contribution in [0.1, 0.15) is 95.2 Å². The van der Waals surface area contributed by atoms with Gasteiger partial charge >= 0.3 is 45.6 Å². The highest BCUT2D eigenvalue weighted by Crippen LogP contribution is 2.54. The zero-order chi connectivity index (χ0) is 92.8. The van der Waals surface area contributed by atoms with Gasteiger partial charge in [0.25, 0.3) is 0 Å². The minimum atomic E-state index is -1.57. The summed E-state index contributed by atoms with van der Waals surface area (Å²) in [5, 5.41) is 18.2. The van der Waals surface area contributed by atoms with Gasteiger partial charge in [-0.2, -0.15) is 0 Å². The molecule has 0 fully saturated rings. The zero-order valence-electron chi connectivity index (χ0n) is 74.2. The zero-order valence-corrected chi connectivity index (χ0v) is 84.1. The van der Waals surface area contributed by atoms with Crippen molar-refractivity contribution in [3.8, 4) is 46.0 Å². The van der Waals surface area contributed by atoms with E-state index in [9.17, 15) is 0 Å². The van der Waals surface area contributed by atoms with Crippen molar-refractivity contribution in [1.82, 2.24) is 0 Å². The first-order chi connectivity index (χ1) is 64.5. The van der Waals surface area contributed by atoms with Crippen LogP contribution in [0.15, 0.2) is 369 Å². The summed E-state index contributed by atoms with van der Waals surface area (Å²) >= 11 is 37.6. The second-order valence-corrected chi connectivity index (χ2v) is 42.0. The first-order valence-corrected chi connectivity index (χ1v) is 55.4. The van der Waals surface area contributed by atoms with Crippen molar-refractivity contribution >= 4 is 222 Å². The van der Waals surface area contributed by atoms with Crippen LogP contribution in [0.25, 0.3) is 109 Å². The topological polar surface area (TPSA) is 126 Å². The van der Waals surface area contributed by atoms with Crippen molar-refractivity contribution in [1.29, 1.82) is 0 Å². The van der Waals surface area contributed by atoms with Gasteiger partial charge in [-0.15, -0.1) is 0 Å². The third-order valence-corrected chi connectivity index (χ3v) is 28.8. The first-order valence-electron chi connectivity index (χ1n) is 43.0. The molecular weight excluding hydrogens is 1900 g/mol. The lowest BCUT2D eigenvalue weighted by molar-refractivity contribution is 0.496. The number of aryl methyl sites for hydroxylation is 6. The fourth-order valence-electron chi connectivity index (χ4n) is 16.0. The molecule has 0 saturated heterocycles. The number of rotatable bonds is 14. The lowest BCUT2D eigenvalue weighted by atomic mass is 9.93. The summed E-state index contributed by atoms with van der Waals surface area (Å²) in [6, 6.07) is 117. The molecule has 20 aromatic rings. The number of hydrogen-bond acceptors (Lipinski definition) is 12. The molecule has 3 heterocycles. The maximum Gasteiger partial charge on any atom is 0.401 e. The van der Waals surface area contributed by atoms with Crippen LogP contribution in [-0.2, 0) is 6.42 Å². The van der Waals surface area contributed by atoms with Crippen molar-refractivity contribution in [2.24, 2.45) is 0 Å². The lowest BCUT2D eigenvalue weighted by Crippen LogP contribution is -2.03. The molecule has 0 radical (unpaired) electrons. The molecule has 0 aliphatic carbocycles. The average Bonchev–Trinajstić information content (AvgIpc) is 1.59. The third kappa shape index (κ3) is 23.8. The fraction of sp³-hybridized carbons (Fsp3) is 0.119. The Morgan fingerprint density at radius 3 is 0.985 bits per heavy atom. The number of hydrogen-bond donors (Lipinski definition) is 0. The van der Waals surface area contributed by atoms with Crippen LogP contribution in [0.2, 0.25) is 0 Å². The van der Waals surface area contributed by atoms with E-state index in [2.05, 4.69) is 187 Å². The summed E-state index contributed by atoms with van der Waals surface area (Å²) in [7, 11) is -9.16. The molecule has 0 saturated carbocycles. The molecule has 0 unspecified atom stereocenters. The van der Waals surface area contributed by atoms with E-state index in [4.69, 9.17) is 120 Å². The maximum absolute atomic E-state index is 6.37. The molecule has 2 aromatic heterocycles. The van der Waals surface area contributed by atoms with Crippen molar-refractivity contribution in [2.75, 3.05) is 0 Å². The molecule has 0 N–H and O–H groups in total. The largest absolute Gasteiger partial charge is 0.427 e. The Kier molecular flexibility index (Phi) is 31.9. The van der Waals surface area contributed by atoms with Crippen molar-refractivity contribution in [2.45, 2.75) is 87.5 Å². The van der Waals surface area contributed by atoms with Gasteiger partial charge in [-0.05, 0) is 292 Å². The highest BCUT2D eigenvalue weighted by Gasteiger charge is 2.26. The van der Waals surface area contributed by atoms with Gasteiger partial charge in [0.1, 0.15) is 68.3 Å². The molecule has 12 nitrogen and oxygen atoms in total. The third-order valence-electron chi connectivity index (χ3n) is 22.3. The molecule has 0 spiro atoms. The van der Waals surface area contributed by atoms with E-state index in [0.717, 1.165) is 151 Å². The van der Waals surface area contributed by atoms with Gasteiger partial charge in [-0.3, -0.25) is 0 Å². The summed E-state index contributed by atoms with van der Waals surface area (Å²) in [6.45, 7) is 20.7. The van der Waals surface area contributed by atoms with Crippen LogP contribution in [0.3, 0.4) is 0 Å². The van der Waals surface area contributed by atoms with Gasteiger partial charge in [-0.1, -0.05) is 295 Å². The lowest BCUT2D eigenvalue weighted by Gasteiger charge is -2.23. The molecule has 133 heavy (non-hydrogen) atoms. The summed E-state index contributed by atoms with van der Waals surface area (Å²) < 4.78 is 69.7. The minimum Gasteiger partial charge on any atom is -0.427 e. The molecule has 1 aliphatic heterocycles. The number of fused-ring (bicyclic) bond motifs is 18. The Morgan fingerprint density at radius 2 is 0.586 bits per heavy atom. The van der Waals surface area contributed by atoms with E-state index < -0.39 is 45.6 Å². The second-order valence-electron chi connectivity index (χ2n) is 32.2. The normalized spacial score (nSPS) is 11.7. The number of para-hydroxylation sites is 4. The van der Waals surface area contributed by atoms with Gasteiger partial charge in [0.2, 0.25) is 0 Å². The fourth-order valence-corrected chi connectivity index (χ4v) is 22.8. The summed E-state index contributed by atoms with van der Waals surface area (Å²) in [4.78, 5) is 0. The summed E-state index contributed by atoms with van der Waals surface area (Å²) in [6.07, 6.45) is 0.743. The maximum atomic E-state index is 6.37. The molecule has 18 aromatic carbocycles.